The number of hydrogen-bond acceptors (Lipinski definition) is 7. The predicted molar refractivity (Wildman–Crippen MR) is 180 cm³/mol. The minimum absolute atomic E-state index is 0.00836. The minimum atomic E-state index is -1.26. The number of carbonyl (C=O) groups is 7. The molecular formula is C36H56N6O7. The number of rotatable bonds is 11. The van der Waals surface area contributed by atoms with Crippen molar-refractivity contribution >= 4 is 41.4 Å². The van der Waals surface area contributed by atoms with Crippen LogP contribution in [0.25, 0.3) is 0 Å². The standard InChI is InChI=1S/C36H56N6O7/c1-10-20-14-36(20,28(45)30(47)37-21-11-12-21)40-29(46)26-22-13-19(22)17-42(26)31(48)27(34(5,6)7)39-32(49)38-23(33(2,3)4)18-41-24(43)15-35(8,9)16-25(41)44/h19-23,26-27H,10-18H2,1-9H3,(H,37,47)(H,40,46)(H2,38,39,49)/t19-,20-,22-,23+,26-,27+,36+/m0/s1. The summed E-state index contributed by atoms with van der Waals surface area (Å²) in [5.41, 5.74) is -2.96. The van der Waals surface area contributed by atoms with Crippen LogP contribution < -0.4 is 21.3 Å². The van der Waals surface area contributed by atoms with E-state index in [-0.39, 0.29) is 55.0 Å². The van der Waals surface area contributed by atoms with Crippen LogP contribution in [0, 0.1) is 34.0 Å². The highest BCUT2D eigenvalue weighted by molar-refractivity contribution is 6.41. The van der Waals surface area contributed by atoms with Gasteiger partial charge in [0.1, 0.15) is 17.6 Å². The molecule has 5 rings (SSSR count). The Labute approximate surface area is 289 Å². The van der Waals surface area contributed by atoms with Crippen LogP contribution in [0.2, 0.25) is 0 Å². The Bertz CT molecular complexity index is 1410. The molecule has 0 aromatic rings. The van der Waals surface area contributed by atoms with E-state index in [1.807, 2.05) is 62.3 Å². The summed E-state index contributed by atoms with van der Waals surface area (Å²) in [5, 5.41) is 11.5. The first-order valence-electron chi connectivity index (χ1n) is 18.0. The average Bonchev–Trinajstić information content (AvgIpc) is 3.91. The van der Waals surface area contributed by atoms with Gasteiger partial charge < -0.3 is 26.2 Å². The van der Waals surface area contributed by atoms with Crippen LogP contribution in [-0.4, -0.2) is 93.9 Å². The molecule has 49 heavy (non-hydrogen) atoms. The van der Waals surface area contributed by atoms with Crippen molar-refractivity contribution in [3.63, 3.8) is 0 Å². The van der Waals surface area contributed by atoms with E-state index < -0.39 is 69.4 Å². The zero-order valence-electron chi connectivity index (χ0n) is 30.7. The van der Waals surface area contributed by atoms with E-state index >= 15 is 0 Å². The second kappa shape index (κ2) is 12.7. The molecule has 0 bridgehead atoms. The number of carbonyl (C=O) groups excluding carboxylic acids is 7. The quantitative estimate of drug-likeness (QED) is 0.191. The SMILES string of the molecule is CC[C@H]1C[C@]1(NC(=O)[C@@H]1[C@H]2C[C@H]2CN1C(=O)[C@@H](NC(=O)N[C@H](CN1C(=O)CC(C)(C)CC1=O)C(C)(C)C)C(C)(C)C)C(=O)C(=O)NC1CC1. The summed E-state index contributed by atoms with van der Waals surface area (Å²) < 4.78 is 0. The van der Waals surface area contributed by atoms with Crippen LogP contribution in [-0.2, 0) is 28.8 Å². The highest BCUT2D eigenvalue weighted by Crippen LogP contribution is 2.52. The van der Waals surface area contributed by atoms with Gasteiger partial charge in [0.15, 0.2) is 0 Å². The molecule has 272 valence electrons. The first-order chi connectivity index (χ1) is 22.6. The Morgan fingerprint density at radius 3 is 2.04 bits per heavy atom. The zero-order chi connectivity index (χ0) is 36.4. The van der Waals surface area contributed by atoms with Crippen LogP contribution in [0.1, 0.15) is 107 Å². The fourth-order valence-electron chi connectivity index (χ4n) is 7.59. The summed E-state index contributed by atoms with van der Waals surface area (Å²) in [6.07, 6.45) is 3.94. The second-order valence-electron chi connectivity index (χ2n) is 18.2. The molecule has 7 atom stereocenters. The number of fused-ring (bicyclic) bond motifs is 1. The summed E-state index contributed by atoms with van der Waals surface area (Å²) in [6, 6.07) is -3.04. The molecule has 3 saturated carbocycles. The number of ketones is 1. The maximum Gasteiger partial charge on any atom is 0.315 e. The average molecular weight is 685 g/mol. The molecular weight excluding hydrogens is 628 g/mol. The lowest BCUT2D eigenvalue weighted by Gasteiger charge is -2.40. The summed E-state index contributed by atoms with van der Waals surface area (Å²) in [4.78, 5) is 96.6. The van der Waals surface area contributed by atoms with Gasteiger partial charge in [-0.2, -0.15) is 0 Å². The third kappa shape index (κ3) is 7.80. The number of Topliss-reactive ketones (excluding diaryl/α,β-unsaturated/α-hetero) is 1. The van der Waals surface area contributed by atoms with E-state index in [2.05, 4.69) is 21.3 Å². The maximum atomic E-state index is 14.3. The molecule has 3 aliphatic carbocycles. The van der Waals surface area contributed by atoms with Gasteiger partial charge in [-0.1, -0.05) is 68.7 Å². The third-order valence-electron chi connectivity index (χ3n) is 11.1. The Hall–Kier alpha value is -3.51. The van der Waals surface area contributed by atoms with Gasteiger partial charge in [-0.3, -0.25) is 33.7 Å². The molecule has 2 aliphatic heterocycles. The lowest BCUT2D eigenvalue weighted by atomic mass is 9.80. The van der Waals surface area contributed by atoms with Crippen molar-refractivity contribution in [3.8, 4) is 0 Å². The Morgan fingerprint density at radius 1 is 0.918 bits per heavy atom. The maximum absolute atomic E-state index is 14.3. The fraction of sp³-hybridized carbons (Fsp3) is 0.806. The Morgan fingerprint density at radius 2 is 1.53 bits per heavy atom. The van der Waals surface area contributed by atoms with Crippen molar-refractivity contribution in [2.45, 2.75) is 137 Å². The van der Waals surface area contributed by atoms with Gasteiger partial charge in [0, 0.05) is 32.0 Å². The molecule has 13 nitrogen and oxygen atoms in total. The lowest BCUT2D eigenvalue weighted by Crippen LogP contribution is -2.63. The number of likely N-dealkylation sites (tertiary alicyclic amines) is 2. The smallest absolute Gasteiger partial charge is 0.315 e. The summed E-state index contributed by atoms with van der Waals surface area (Å²) in [7, 11) is 0. The lowest BCUT2D eigenvalue weighted by molar-refractivity contribution is -0.153. The summed E-state index contributed by atoms with van der Waals surface area (Å²) in [6.45, 7) is 17.3. The van der Waals surface area contributed by atoms with Gasteiger partial charge in [-0.05, 0) is 59.7 Å². The van der Waals surface area contributed by atoms with Crippen LogP contribution >= 0.6 is 0 Å². The van der Waals surface area contributed by atoms with Gasteiger partial charge >= 0.3 is 6.03 Å². The van der Waals surface area contributed by atoms with Crippen LogP contribution in [0.15, 0.2) is 0 Å². The molecule has 7 amide bonds. The van der Waals surface area contributed by atoms with E-state index in [1.54, 1.807) is 0 Å². The van der Waals surface area contributed by atoms with Gasteiger partial charge in [0.2, 0.25) is 29.4 Å². The van der Waals surface area contributed by atoms with E-state index in [1.165, 1.54) is 9.80 Å². The Balaban J connectivity index is 1.28. The number of amides is 7. The number of urea groups is 1. The number of piperidine rings is 2. The fourth-order valence-corrected chi connectivity index (χ4v) is 7.59. The van der Waals surface area contributed by atoms with Crippen molar-refractivity contribution in [3.05, 3.63) is 0 Å². The first kappa shape index (κ1) is 36.8. The van der Waals surface area contributed by atoms with E-state index in [9.17, 15) is 33.6 Å². The predicted octanol–water partition coefficient (Wildman–Crippen LogP) is 2.27. The largest absolute Gasteiger partial charge is 0.347 e. The number of imide groups is 1. The first-order valence-corrected chi connectivity index (χ1v) is 18.0. The topological polar surface area (TPSA) is 174 Å². The van der Waals surface area contributed by atoms with Crippen LogP contribution in [0.4, 0.5) is 4.79 Å². The minimum Gasteiger partial charge on any atom is -0.347 e. The van der Waals surface area contributed by atoms with Crippen molar-refractivity contribution in [2.24, 2.45) is 34.0 Å². The molecule has 0 aromatic heterocycles. The zero-order valence-corrected chi connectivity index (χ0v) is 30.7. The highest BCUT2D eigenvalue weighted by Gasteiger charge is 2.65. The van der Waals surface area contributed by atoms with Crippen molar-refractivity contribution in [1.29, 1.82) is 0 Å². The van der Waals surface area contributed by atoms with Gasteiger partial charge in [0.25, 0.3) is 5.91 Å². The van der Waals surface area contributed by atoms with Crippen LogP contribution in [0.3, 0.4) is 0 Å². The molecule has 0 spiro atoms. The Kier molecular flexibility index (Phi) is 9.51. The highest BCUT2D eigenvalue weighted by atomic mass is 16.2. The van der Waals surface area contributed by atoms with E-state index in [4.69, 9.17) is 0 Å². The molecule has 5 fully saturated rings. The third-order valence-corrected chi connectivity index (χ3v) is 11.1. The molecule has 0 unspecified atom stereocenters. The summed E-state index contributed by atoms with van der Waals surface area (Å²) >= 11 is 0. The van der Waals surface area contributed by atoms with E-state index in [0.29, 0.717) is 19.4 Å². The summed E-state index contributed by atoms with van der Waals surface area (Å²) in [5.74, 6) is -2.75. The molecule has 0 aromatic carbocycles. The number of hydrogen-bond donors (Lipinski definition) is 4. The van der Waals surface area contributed by atoms with Crippen LogP contribution in [0.5, 0.6) is 0 Å². The normalized spacial score (nSPS) is 30.1. The molecule has 0 radical (unpaired) electrons. The molecule has 2 heterocycles. The molecule has 13 heteroatoms. The molecule has 4 N–H and O–H groups in total. The monoisotopic (exact) mass is 684 g/mol. The second-order valence-corrected chi connectivity index (χ2v) is 18.2. The van der Waals surface area contributed by atoms with Gasteiger partial charge in [-0.15, -0.1) is 0 Å². The number of nitrogens with one attached hydrogen (secondary N) is 4. The van der Waals surface area contributed by atoms with Crippen molar-refractivity contribution in [2.75, 3.05) is 13.1 Å². The van der Waals surface area contributed by atoms with Gasteiger partial charge in [0.05, 0.1) is 6.04 Å². The van der Waals surface area contributed by atoms with Crippen molar-refractivity contribution < 1.29 is 33.6 Å². The van der Waals surface area contributed by atoms with Crippen molar-refractivity contribution in [1.82, 2.24) is 31.1 Å². The number of nitrogens with zero attached hydrogens (tertiary/aromatic N) is 2. The molecule has 2 saturated heterocycles. The van der Waals surface area contributed by atoms with Gasteiger partial charge in [-0.25, -0.2) is 4.79 Å². The molecule has 5 aliphatic rings. The van der Waals surface area contributed by atoms with E-state index in [0.717, 1.165) is 19.3 Å².